The second kappa shape index (κ2) is 4.33. The Morgan fingerprint density at radius 2 is 1.60 bits per heavy atom. The maximum atomic E-state index is 9.77. The molecule has 2 nitrogen and oxygen atoms in total. The molecule has 2 heteroatoms. The second-order valence-corrected chi connectivity index (χ2v) is 5.18. The van der Waals surface area contributed by atoms with Crippen LogP contribution in [0.4, 0.5) is 0 Å². The van der Waals surface area contributed by atoms with Crippen molar-refractivity contribution in [3.63, 3.8) is 0 Å². The van der Waals surface area contributed by atoms with Gasteiger partial charge in [0.2, 0.25) is 0 Å². The van der Waals surface area contributed by atoms with Gasteiger partial charge < -0.3 is 10.8 Å². The van der Waals surface area contributed by atoms with Gasteiger partial charge in [-0.1, -0.05) is 45.0 Å². The van der Waals surface area contributed by atoms with Crippen LogP contribution >= 0.6 is 0 Å². The van der Waals surface area contributed by atoms with Crippen molar-refractivity contribution in [3.8, 4) is 0 Å². The summed E-state index contributed by atoms with van der Waals surface area (Å²) < 4.78 is 0. The fourth-order valence-electron chi connectivity index (χ4n) is 1.48. The van der Waals surface area contributed by atoms with Gasteiger partial charge in [0.05, 0.1) is 6.10 Å². The first kappa shape index (κ1) is 12.2. The molecule has 0 bridgehead atoms. The molecule has 0 aliphatic carbocycles. The molecule has 1 aromatic carbocycles. The summed E-state index contributed by atoms with van der Waals surface area (Å²) in [6, 6.07) is 7.79. The van der Waals surface area contributed by atoms with Crippen LogP contribution in [-0.2, 0) is 5.41 Å². The number of hydrogen-bond acceptors (Lipinski definition) is 2. The van der Waals surface area contributed by atoms with Crippen LogP contribution in [0.5, 0.6) is 0 Å². The predicted molar refractivity (Wildman–Crippen MR) is 63.8 cm³/mol. The Hall–Kier alpha value is -0.860. The van der Waals surface area contributed by atoms with Gasteiger partial charge in [-0.05, 0) is 23.5 Å². The summed E-state index contributed by atoms with van der Waals surface area (Å²) in [5.41, 5.74) is 7.95. The second-order valence-electron chi connectivity index (χ2n) is 5.18. The summed E-state index contributed by atoms with van der Waals surface area (Å²) >= 11 is 0. The van der Waals surface area contributed by atoms with E-state index in [0.717, 1.165) is 5.56 Å². The first-order valence-electron chi connectivity index (χ1n) is 5.36. The molecule has 0 heterocycles. The van der Waals surface area contributed by atoms with Crippen molar-refractivity contribution in [1.29, 1.82) is 0 Å². The van der Waals surface area contributed by atoms with E-state index >= 15 is 0 Å². The lowest BCUT2D eigenvalue weighted by molar-refractivity contribution is 0.153. The molecule has 1 rings (SSSR count). The van der Waals surface area contributed by atoms with Crippen molar-refractivity contribution in [1.82, 2.24) is 0 Å². The zero-order valence-electron chi connectivity index (χ0n) is 9.99. The van der Waals surface area contributed by atoms with Gasteiger partial charge in [0.15, 0.2) is 0 Å². The standard InChI is InChI=1S/C13H21NO/c1-9(14)12(15)10-5-7-11(8-6-10)13(2,3)4/h5-9,12,15H,14H2,1-4H3/t9?,12-/m0/s1. The molecule has 84 valence electrons. The zero-order valence-corrected chi connectivity index (χ0v) is 9.99. The first-order chi connectivity index (χ1) is 6.82. The average molecular weight is 207 g/mol. The minimum atomic E-state index is -0.570. The summed E-state index contributed by atoms with van der Waals surface area (Å²) in [7, 11) is 0. The van der Waals surface area contributed by atoms with Gasteiger partial charge in [-0.15, -0.1) is 0 Å². The molecule has 0 fully saturated rings. The lowest BCUT2D eigenvalue weighted by Gasteiger charge is -2.21. The van der Waals surface area contributed by atoms with Crippen molar-refractivity contribution in [2.45, 2.75) is 45.3 Å². The van der Waals surface area contributed by atoms with Gasteiger partial charge >= 0.3 is 0 Å². The highest BCUT2D eigenvalue weighted by Crippen LogP contribution is 2.24. The lowest BCUT2D eigenvalue weighted by Crippen LogP contribution is -2.24. The van der Waals surface area contributed by atoms with Crippen LogP contribution in [0.3, 0.4) is 0 Å². The van der Waals surface area contributed by atoms with E-state index in [1.807, 2.05) is 19.1 Å². The predicted octanol–water partition coefficient (Wildman–Crippen LogP) is 2.36. The Bertz CT molecular complexity index is 308. The maximum absolute atomic E-state index is 9.77. The average Bonchev–Trinajstić information content (AvgIpc) is 2.15. The molecule has 0 aromatic heterocycles. The quantitative estimate of drug-likeness (QED) is 0.782. The largest absolute Gasteiger partial charge is 0.387 e. The Labute approximate surface area is 92.1 Å². The zero-order chi connectivity index (χ0) is 11.6. The van der Waals surface area contributed by atoms with E-state index in [-0.39, 0.29) is 11.5 Å². The number of benzene rings is 1. The third-order valence-corrected chi connectivity index (χ3v) is 2.62. The number of hydrogen-bond donors (Lipinski definition) is 2. The minimum absolute atomic E-state index is 0.151. The number of rotatable bonds is 2. The Morgan fingerprint density at radius 1 is 1.13 bits per heavy atom. The van der Waals surface area contributed by atoms with Gasteiger partial charge in [0.1, 0.15) is 0 Å². The highest BCUT2D eigenvalue weighted by molar-refractivity contribution is 5.29. The van der Waals surface area contributed by atoms with Crippen molar-refractivity contribution in [3.05, 3.63) is 35.4 Å². The Balaban J connectivity index is 2.91. The molecule has 0 aliphatic heterocycles. The van der Waals surface area contributed by atoms with Gasteiger partial charge in [-0.3, -0.25) is 0 Å². The summed E-state index contributed by atoms with van der Waals surface area (Å²) in [5, 5.41) is 9.77. The molecule has 0 aliphatic rings. The van der Waals surface area contributed by atoms with Crippen LogP contribution in [0.1, 0.15) is 44.9 Å². The summed E-state index contributed by atoms with van der Waals surface area (Å²) in [5.74, 6) is 0. The van der Waals surface area contributed by atoms with Gasteiger partial charge in [-0.25, -0.2) is 0 Å². The fourth-order valence-corrected chi connectivity index (χ4v) is 1.48. The molecular weight excluding hydrogens is 186 g/mol. The number of nitrogens with two attached hydrogens (primary N) is 1. The molecule has 15 heavy (non-hydrogen) atoms. The molecule has 0 amide bonds. The molecule has 2 atom stereocenters. The van der Waals surface area contributed by atoms with Crippen molar-refractivity contribution in [2.24, 2.45) is 5.73 Å². The van der Waals surface area contributed by atoms with E-state index in [9.17, 15) is 5.11 Å². The van der Waals surface area contributed by atoms with Crippen molar-refractivity contribution < 1.29 is 5.11 Å². The van der Waals surface area contributed by atoms with Crippen LogP contribution < -0.4 is 5.73 Å². The summed E-state index contributed by atoms with van der Waals surface area (Å²) in [6.45, 7) is 8.32. The van der Waals surface area contributed by atoms with Gasteiger partial charge in [-0.2, -0.15) is 0 Å². The molecule has 1 unspecified atom stereocenters. The van der Waals surface area contributed by atoms with E-state index < -0.39 is 6.10 Å². The van der Waals surface area contributed by atoms with E-state index in [2.05, 4.69) is 32.9 Å². The molecular formula is C13H21NO. The van der Waals surface area contributed by atoms with Crippen molar-refractivity contribution >= 4 is 0 Å². The third kappa shape index (κ3) is 3.05. The molecule has 3 N–H and O–H groups in total. The van der Waals surface area contributed by atoms with Crippen LogP contribution in [0.2, 0.25) is 0 Å². The van der Waals surface area contributed by atoms with Crippen molar-refractivity contribution in [2.75, 3.05) is 0 Å². The fraction of sp³-hybridized carbons (Fsp3) is 0.538. The molecule has 0 radical (unpaired) electrons. The van der Waals surface area contributed by atoms with Crippen LogP contribution in [0.15, 0.2) is 24.3 Å². The summed E-state index contributed by atoms with van der Waals surface area (Å²) in [4.78, 5) is 0. The van der Waals surface area contributed by atoms with Crippen LogP contribution in [-0.4, -0.2) is 11.1 Å². The number of aliphatic hydroxyl groups is 1. The first-order valence-corrected chi connectivity index (χ1v) is 5.36. The van der Waals surface area contributed by atoms with E-state index in [1.165, 1.54) is 5.56 Å². The summed E-state index contributed by atoms with van der Waals surface area (Å²) in [6.07, 6.45) is -0.570. The van der Waals surface area contributed by atoms with Crippen LogP contribution in [0.25, 0.3) is 0 Å². The lowest BCUT2D eigenvalue weighted by atomic mass is 9.86. The Kier molecular flexibility index (Phi) is 3.53. The maximum Gasteiger partial charge on any atom is 0.0938 e. The number of aliphatic hydroxyl groups excluding tert-OH is 1. The molecule has 1 aromatic rings. The van der Waals surface area contributed by atoms with Gasteiger partial charge in [0.25, 0.3) is 0 Å². The monoisotopic (exact) mass is 207 g/mol. The van der Waals surface area contributed by atoms with Crippen LogP contribution in [0, 0.1) is 0 Å². The smallest absolute Gasteiger partial charge is 0.0938 e. The van der Waals surface area contributed by atoms with E-state index in [1.54, 1.807) is 0 Å². The van der Waals surface area contributed by atoms with E-state index in [0.29, 0.717) is 0 Å². The normalized spacial score (nSPS) is 16.1. The minimum Gasteiger partial charge on any atom is -0.387 e. The molecule has 0 saturated heterocycles. The van der Waals surface area contributed by atoms with E-state index in [4.69, 9.17) is 5.73 Å². The molecule has 0 saturated carbocycles. The third-order valence-electron chi connectivity index (χ3n) is 2.62. The highest BCUT2D eigenvalue weighted by Gasteiger charge is 2.15. The Morgan fingerprint density at radius 3 is 1.93 bits per heavy atom. The highest BCUT2D eigenvalue weighted by atomic mass is 16.3. The topological polar surface area (TPSA) is 46.2 Å². The SMILES string of the molecule is CC(N)[C@H](O)c1ccc(C(C)(C)C)cc1. The van der Waals surface area contributed by atoms with Gasteiger partial charge in [0, 0.05) is 6.04 Å². The molecule has 0 spiro atoms.